The zero-order valence-electron chi connectivity index (χ0n) is 8.84. The number of nitrogens with one attached hydrogen (secondary N) is 1. The number of halogens is 1. The molecule has 0 radical (unpaired) electrons. The standard InChI is InChI=1S/C10H16BrN3/c1-4-10(3,5-2)14-9-12-6-8(11)7-13-9/h6-7H,4-5H2,1-3H3,(H,12,13,14). The zero-order valence-corrected chi connectivity index (χ0v) is 10.4. The van der Waals surface area contributed by atoms with Gasteiger partial charge in [-0.3, -0.25) is 0 Å². The van der Waals surface area contributed by atoms with E-state index in [4.69, 9.17) is 0 Å². The molecule has 0 amide bonds. The molecule has 1 heterocycles. The molecule has 0 aliphatic heterocycles. The minimum absolute atomic E-state index is 0.0911. The van der Waals surface area contributed by atoms with Gasteiger partial charge in [-0.1, -0.05) is 13.8 Å². The Balaban J connectivity index is 2.72. The van der Waals surface area contributed by atoms with E-state index in [0.29, 0.717) is 5.95 Å². The van der Waals surface area contributed by atoms with Gasteiger partial charge in [0.25, 0.3) is 0 Å². The van der Waals surface area contributed by atoms with Crippen LogP contribution in [0.1, 0.15) is 33.6 Å². The van der Waals surface area contributed by atoms with Gasteiger partial charge in [-0.15, -0.1) is 0 Å². The van der Waals surface area contributed by atoms with Gasteiger partial charge in [0.1, 0.15) is 0 Å². The number of anilines is 1. The maximum Gasteiger partial charge on any atom is 0.223 e. The lowest BCUT2D eigenvalue weighted by molar-refractivity contribution is 0.474. The largest absolute Gasteiger partial charge is 0.349 e. The van der Waals surface area contributed by atoms with Crippen LogP contribution in [0.5, 0.6) is 0 Å². The number of nitrogens with zero attached hydrogens (tertiary/aromatic N) is 2. The molecule has 1 rings (SSSR count). The topological polar surface area (TPSA) is 37.8 Å². The highest BCUT2D eigenvalue weighted by atomic mass is 79.9. The summed E-state index contributed by atoms with van der Waals surface area (Å²) in [5.41, 5.74) is 0.0911. The molecule has 0 bridgehead atoms. The lowest BCUT2D eigenvalue weighted by Crippen LogP contribution is -2.33. The van der Waals surface area contributed by atoms with Gasteiger partial charge in [0.15, 0.2) is 0 Å². The molecule has 0 aliphatic carbocycles. The van der Waals surface area contributed by atoms with Crippen LogP contribution in [-0.2, 0) is 0 Å². The highest BCUT2D eigenvalue weighted by Crippen LogP contribution is 2.19. The molecule has 4 heteroatoms. The van der Waals surface area contributed by atoms with E-state index in [1.807, 2.05) is 0 Å². The van der Waals surface area contributed by atoms with Crippen LogP contribution in [0.2, 0.25) is 0 Å². The Kier molecular flexibility index (Phi) is 3.86. The number of hydrogen-bond acceptors (Lipinski definition) is 3. The molecule has 1 aromatic rings. The summed E-state index contributed by atoms with van der Waals surface area (Å²) in [5.74, 6) is 0.694. The number of hydrogen-bond donors (Lipinski definition) is 1. The van der Waals surface area contributed by atoms with Gasteiger partial charge in [0, 0.05) is 17.9 Å². The van der Waals surface area contributed by atoms with E-state index in [0.717, 1.165) is 17.3 Å². The van der Waals surface area contributed by atoms with E-state index in [1.165, 1.54) is 0 Å². The average molecular weight is 258 g/mol. The Bertz CT molecular complexity index is 280. The van der Waals surface area contributed by atoms with Crippen LogP contribution in [-0.4, -0.2) is 15.5 Å². The van der Waals surface area contributed by atoms with Gasteiger partial charge in [0.2, 0.25) is 5.95 Å². The lowest BCUT2D eigenvalue weighted by atomic mass is 9.96. The summed E-state index contributed by atoms with van der Waals surface area (Å²) in [6.45, 7) is 6.50. The van der Waals surface area contributed by atoms with Gasteiger partial charge in [-0.05, 0) is 35.7 Å². The first-order chi connectivity index (χ1) is 6.59. The molecule has 0 unspecified atom stereocenters. The maximum absolute atomic E-state index is 4.19. The van der Waals surface area contributed by atoms with Crippen molar-refractivity contribution in [2.24, 2.45) is 0 Å². The molecular weight excluding hydrogens is 242 g/mol. The highest BCUT2D eigenvalue weighted by molar-refractivity contribution is 9.10. The molecule has 78 valence electrons. The molecule has 0 saturated heterocycles. The number of rotatable bonds is 4. The Hall–Kier alpha value is -0.640. The third-order valence-corrected chi connectivity index (χ3v) is 3.00. The summed E-state index contributed by atoms with van der Waals surface area (Å²) in [6, 6.07) is 0. The summed E-state index contributed by atoms with van der Waals surface area (Å²) in [7, 11) is 0. The molecule has 0 saturated carbocycles. The highest BCUT2D eigenvalue weighted by Gasteiger charge is 2.19. The Morgan fingerprint density at radius 2 is 1.79 bits per heavy atom. The molecule has 0 spiro atoms. The predicted molar refractivity (Wildman–Crippen MR) is 62.3 cm³/mol. The van der Waals surface area contributed by atoms with Crippen molar-refractivity contribution in [1.29, 1.82) is 0 Å². The molecule has 1 aromatic heterocycles. The fourth-order valence-corrected chi connectivity index (χ4v) is 1.28. The van der Waals surface area contributed by atoms with E-state index >= 15 is 0 Å². The van der Waals surface area contributed by atoms with Crippen LogP contribution in [0.25, 0.3) is 0 Å². The van der Waals surface area contributed by atoms with Crippen molar-refractivity contribution in [1.82, 2.24) is 9.97 Å². The van der Waals surface area contributed by atoms with Crippen molar-refractivity contribution in [3.63, 3.8) is 0 Å². The molecule has 0 atom stereocenters. The van der Waals surface area contributed by atoms with Gasteiger partial charge in [-0.2, -0.15) is 0 Å². The minimum Gasteiger partial charge on any atom is -0.349 e. The molecule has 0 aromatic carbocycles. The van der Waals surface area contributed by atoms with Crippen molar-refractivity contribution in [2.45, 2.75) is 39.2 Å². The summed E-state index contributed by atoms with van der Waals surface area (Å²) in [5, 5.41) is 3.34. The summed E-state index contributed by atoms with van der Waals surface area (Å²) in [4.78, 5) is 8.38. The first-order valence-electron chi connectivity index (χ1n) is 4.85. The van der Waals surface area contributed by atoms with Crippen molar-refractivity contribution in [2.75, 3.05) is 5.32 Å². The summed E-state index contributed by atoms with van der Waals surface area (Å²) < 4.78 is 0.901. The minimum atomic E-state index is 0.0911. The third kappa shape index (κ3) is 2.94. The van der Waals surface area contributed by atoms with E-state index in [2.05, 4.69) is 52.0 Å². The second kappa shape index (κ2) is 4.73. The fourth-order valence-electron chi connectivity index (χ4n) is 1.07. The van der Waals surface area contributed by atoms with Gasteiger partial charge >= 0.3 is 0 Å². The van der Waals surface area contributed by atoms with Crippen molar-refractivity contribution < 1.29 is 0 Å². The Morgan fingerprint density at radius 3 is 2.21 bits per heavy atom. The second-order valence-electron chi connectivity index (χ2n) is 3.62. The molecule has 0 fully saturated rings. The molecule has 0 aliphatic rings. The van der Waals surface area contributed by atoms with E-state index in [1.54, 1.807) is 12.4 Å². The van der Waals surface area contributed by atoms with Crippen LogP contribution in [0, 0.1) is 0 Å². The van der Waals surface area contributed by atoms with E-state index in [9.17, 15) is 0 Å². The molecule has 3 nitrogen and oxygen atoms in total. The van der Waals surface area contributed by atoms with Gasteiger partial charge in [0.05, 0.1) is 4.47 Å². The molecule has 14 heavy (non-hydrogen) atoms. The fraction of sp³-hybridized carbons (Fsp3) is 0.600. The third-order valence-electron chi connectivity index (χ3n) is 2.59. The lowest BCUT2D eigenvalue weighted by Gasteiger charge is -2.27. The zero-order chi connectivity index (χ0) is 10.6. The molecular formula is C10H16BrN3. The van der Waals surface area contributed by atoms with Crippen molar-refractivity contribution >= 4 is 21.9 Å². The first-order valence-corrected chi connectivity index (χ1v) is 5.64. The van der Waals surface area contributed by atoms with E-state index < -0.39 is 0 Å². The Labute approximate surface area is 93.5 Å². The predicted octanol–water partition coefficient (Wildman–Crippen LogP) is 3.23. The van der Waals surface area contributed by atoms with Crippen LogP contribution < -0.4 is 5.32 Å². The maximum atomic E-state index is 4.19. The van der Waals surface area contributed by atoms with Gasteiger partial charge < -0.3 is 5.32 Å². The van der Waals surface area contributed by atoms with E-state index in [-0.39, 0.29) is 5.54 Å². The van der Waals surface area contributed by atoms with Crippen LogP contribution in [0.4, 0.5) is 5.95 Å². The SMILES string of the molecule is CCC(C)(CC)Nc1ncc(Br)cn1. The van der Waals surface area contributed by atoms with Gasteiger partial charge in [-0.25, -0.2) is 9.97 Å². The first kappa shape index (κ1) is 11.4. The quantitative estimate of drug-likeness (QED) is 0.900. The van der Waals surface area contributed by atoms with Crippen LogP contribution >= 0.6 is 15.9 Å². The summed E-state index contributed by atoms with van der Waals surface area (Å²) in [6.07, 6.45) is 5.62. The van der Waals surface area contributed by atoms with Crippen molar-refractivity contribution in [3.05, 3.63) is 16.9 Å². The normalized spacial score (nSPS) is 11.4. The smallest absolute Gasteiger partial charge is 0.223 e. The Morgan fingerprint density at radius 1 is 1.29 bits per heavy atom. The summed E-state index contributed by atoms with van der Waals surface area (Å²) >= 11 is 3.31. The number of aromatic nitrogens is 2. The van der Waals surface area contributed by atoms with Crippen LogP contribution in [0.3, 0.4) is 0 Å². The molecule has 1 N–H and O–H groups in total. The van der Waals surface area contributed by atoms with Crippen molar-refractivity contribution in [3.8, 4) is 0 Å². The average Bonchev–Trinajstić information content (AvgIpc) is 2.21. The second-order valence-corrected chi connectivity index (χ2v) is 4.53. The monoisotopic (exact) mass is 257 g/mol. The van der Waals surface area contributed by atoms with Crippen LogP contribution in [0.15, 0.2) is 16.9 Å².